The van der Waals surface area contributed by atoms with Gasteiger partial charge in [-0.3, -0.25) is 14.4 Å². The zero-order valence-corrected chi connectivity index (χ0v) is 10.2. The molecule has 0 unspecified atom stereocenters. The van der Waals surface area contributed by atoms with Crippen LogP contribution in [0.3, 0.4) is 0 Å². The summed E-state index contributed by atoms with van der Waals surface area (Å²) in [5.74, 6) is -2.52. The zero-order chi connectivity index (χ0) is 13.3. The molecule has 18 heavy (non-hydrogen) atoms. The number of carbonyl (C=O) groups excluding carboxylic acids is 3. The summed E-state index contributed by atoms with van der Waals surface area (Å²) in [4.78, 5) is 35.9. The average Bonchev–Trinajstić information content (AvgIpc) is 2.37. The summed E-state index contributed by atoms with van der Waals surface area (Å²) >= 11 is 1.31. The van der Waals surface area contributed by atoms with Crippen molar-refractivity contribution in [3.63, 3.8) is 0 Å². The number of benzene rings is 1. The highest BCUT2D eigenvalue weighted by Crippen LogP contribution is 2.35. The van der Waals surface area contributed by atoms with Crippen LogP contribution in [0.2, 0.25) is 0 Å². The van der Waals surface area contributed by atoms with Gasteiger partial charge in [-0.1, -0.05) is 6.07 Å². The van der Waals surface area contributed by atoms with Gasteiger partial charge in [0.2, 0.25) is 5.91 Å². The number of anilines is 1. The Labute approximate surface area is 107 Å². The first-order valence-corrected chi connectivity index (χ1v) is 6.15. The van der Waals surface area contributed by atoms with Gasteiger partial charge in [-0.25, -0.2) is 4.90 Å². The number of nitrogens with zero attached hydrogens (tertiary/aromatic N) is 1. The van der Waals surface area contributed by atoms with Crippen LogP contribution < -0.4 is 16.4 Å². The van der Waals surface area contributed by atoms with Crippen LogP contribution in [0.25, 0.3) is 0 Å². The van der Waals surface area contributed by atoms with E-state index in [0.717, 1.165) is 15.4 Å². The topological polar surface area (TPSA) is 106 Å². The highest BCUT2D eigenvalue weighted by atomic mass is 32.2. The summed E-state index contributed by atoms with van der Waals surface area (Å²) in [6.07, 6.45) is 0. The number of nitrogens with two attached hydrogens (primary N) is 2. The molecule has 0 saturated heterocycles. The second-order valence-corrected chi connectivity index (χ2v) is 4.71. The molecular formula is C11H11N3O3S. The van der Waals surface area contributed by atoms with Crippen LogP contribution in [0, 0.1) is 0 Å². The summed E-state index contributed by atoms with van der Waals surface area (Å²) < 4.78 is 0. The van der Waals surface area contributed by atoms with E-state index in [9.17, 15) is 14.4 Å². The fraction of sp³-hybridized carbons (Fsp3) is 0.182. The third-order valence-corrected chi connectivity index (χ3v) is 3.56. The molecule has 1 aromatic rings. The number of thioether (sulfide) groups is 1. The number of imide groups is 1. The molecule has 7 heteroatoms. The zero-order valence-electron chi connectivity index (χ0n) is 9.38. The molecule has 4 N–H and O–H groups in total. The number of hydrogen-bond donors (Lipinski definition) is 2. The second-order valence-electron chi connectivity index (χ2n) is 3.69. The van der Waals surface area contributed by atoms with E-state index >= 15 is 0 Å². The molecule has 6 nitrogen and oxygen atoms in total. The summed E-state index contributed by atoms with van der Waals surface area (Å²) in [7, 11) is 0. The van der Waals surface area contributed by atoms with Crippen LogP contribution in [0.1, 0.15) is 5.56 Å². The van der Waals surface area contributed by atoms with Crippen LogP contribution in [0.5, 0.6) is 0 Å². The van der Waals surface area contributed by atoms with E-state index in [-0.39, 0.29) is 12.3 Å². The minimum Gasteiger partial charge on any atom is -0.361 e. The third-order valence-electron chi connectivity index (χ3n) is 2.51. The maximum Gasteiger partial charge on any atom is 0.322 e. The van der Waals surface area contributed by atoms with Crippen LogP contribution in [0.4, 0.5) is 5.69 Å². The SMILES string of the molecule is NCc1ccc2c(c1)N(C(=O)C(N)=O)C(=O)CS2. The molecule has 0 bridgehead atoms. The molecule has 0 spiro atoms. The lowest BCUT2D eigenvalue weighted by molar-refractivity contribution is -0.137. The highest BCUT2D eigenvalue weighted by Gasteiger charge is 2.32. The lowest BCUT2D eigenvalue weighted by atomic mass is 10.1. The van der Waals surface area contributed by atoms with Crippen molar-refractivity contribution in [2.75, 3.05) is 10.7 Å². The maximum atomic E-state index is 11.7. The first-order chi connectivity index (χ1) is 8.54. The van der Waals surface area contributed by atoms with E-state index in [1.807, 2.05) is 6.07 Å². The Morgan fingerprint density at radius 3 is 2.72 bits per heavy atom. The lowest BCUT2D eigenvalue weighted by Gasteiger charge is -2.26. The maximum absolute atomic E-state index is 11.7. The van der Waals surface area contributed by atoms with Gasteiger partial charge in [0, 0.05) is 11.4 Å². The van der Waals surface area contributed by atoms with Gasteiger partial charge in [0.05, 0.1) is 11.4 Å². The first-order valence-electron chi connectivity index (χ1n) is 5.17. The molecular weight excluding hydrogens is 254 g/mol. The fourth-order valence-corrected chi connectivity index (χ4v) is 2.53. The molecule has 0 radical (unpaired) electrons. The van der Waals surface area contributed by atoms with Crippen molar-refractivity contribution in [2.24, 2.45) is 11.5 Å². The van der Waals surface area contributed by atoms with E-state index in [1.165, 1.54) is 11.8 Å². The predicted octanol–water partition coefficient (Wildman–Crippen LogP) is -0.404. The smallest absolute Gasteiger partial charge is 0.322 e. The van der Waals surface area contributed by atoms with Crippen LogP contribution in [-0.4, -0.2) is 23.5 Å². The monoisotopic (exact) mass is 265 g/mol. The van der Waals surface area contributed by atoms with Gasteiger partial charge < -0.3 is 11.5 Å². The summed E-state index contributed by atoms with van der Waals surface area (Å²) in [6.45, 7) is 0.282. The molecule has 94 valence electrons. The van der Waals surface area contributed by atoms with Gasteiger partial charge in [0.25, 0.3) is 0 Å². The molecule has 1 aliphatic heterocycles. The molecule has 0 aliphatic carbocycles. The molecule has 0 aromatic heterocycles. The predicted molar refractivity (Wildman–Crippen MR) is 66.7 cm³/mol. The summed E-state index contributed by atoms with van der Waals surface area (Å²) in [5.41, 5.74) is 11.6. The van der Waals surface area contributed by atoms with E-state index in [0.29, 0.717) is 5.69 Å². The Balaban J connectivity index is 2.52. The number of fused-ring (bicyclic) bond motifs is 1. The van der Waals surface area contributed by atoms with Gasteiger partial charge in [-0.2, -0.15) is 0 Å². The number of rotatable bonds is 1. The average molecular weight is 265 g/mol. The Morgan fingerprint density at radius 2 is 2.11 bits per heavy atom. The highest BCUT2D eigenvalue weighted by molar-refractivity contribution is 8.00. The van der Waals surface area contributed by atoms with E-state index in [2.05, 4.69) is 0 Å². The van der Waals surface area contributed by atoms with Crippen molar-refractivity contribution < 1.29 is 14.4 Å². The van der Waals surface area contributed by atoms with Crippen molar-refractivity contribution in [3.8, 4) is 0 Å². The van der Waals surface area contributed by atoms with E-state index in [4.69, 9.17) is 11.5 Å². The van der Waals surface area contributed by atoms with Crippen molar-refractivity contribution in [1.29, 1.82) is 0 Å². The van der Waals surface area contributed by atoms with Crippen molar-refractivity contribution >= 4 is 35.2 Å². The van der Waals surface area contributed by atoms with Crippen molar-refractivity contribution in [1.82, 2.24) is 0 Å². The minimum atomic E-state index is -1.15. The van der Waals surface area contributed by atoms with Gasteiger partial charge in [-0.15, -0.1) is 11.8 Å². The van der Waals surface area contributed by atoms with Gasteiger partial charge in [0.15, 0.2) is 0 Å². The standard InChI is InChI=1S/C11H11N3O3S/c12-4-6-1-2-8-7(3-6)14(9(15)5-18-8)11(17)10(13)16/h1-3H,4-5,12H2,(H2,13,16). The summed E-state index contributed by atoms with van der Waals surface area (Å²) in [6, 6.07) is 5.21. The molecule has 1 heterocycles. The van der Waals surface area contributed by atoms with Crippen LogP contribution in [0.15, 0.2) is 23.1 Å². The van der Waals surface area contributed by atoms with Gasteiger partial charge in [0.1, 0.15) is 0 Å². The normalized spacial score (nSPS) is 14.3. The number of carbonyl (C=O) groups is 3. The number of hydrogen-bond acceptors (Lipinski definition) is 5. The Hall–Kier alpha value is -1.86. The fourth-order valence-electron chi connectivity index (χ4n) is 1.66. The second kappa shape index (κ2) is 4.79. The first kappa shape index (κ1) is 12.6. The Kier molecular flexibility index (Phi) is 3.35. The van der Waals surface area contributed by atoms with Gasteiger partial charge in [-0.05, 0) is 17.7 Å². The number of primary amides is 1. The van der Waals surface area contributed by atoms with Crippen molar-refractivity contribution in [3.05, 3.63) is 23.8 Å². The number of amides is 3. The van der Waals surface area contributed by atoms with Crippen LogP contribution in [-0.2, 0) is 20.9 Å². The largest absolute Gasteiger partial charge is 0.361 e. The van der Waals surface area contributed by atoms with E-state index < -0.39 is 17.7 Å². The molecule has 0 saturated carbocycles. The minimum absolute atomic E-state index is 0.105. The third kappa shape index (κ3) is 2.09. The van der Waals surface area contributed by atoms with Crippen LogP contribution >= 0.6 is 11.8 Å². The molecule has 1 aliphatic rings. The van der Waals surface area contributed by atoms with E-state index in [1.54, 1.807) is 12.1 Å². The molecule has 2 rings (SSSR count). The molecule has 3 amide bonds. The Bertz CT molecular complexity index is 544. The molecule has 1 aromatic carbocycles. The molecule has 0 fully saturated rings. The Morgan fingerprint density at radius 1 is 1.39 bits per heavy atom. The van der Waals surface area contributed by atoms with Gasteiger partial charge >= 0.3 is 11.8 Å². The van der Waals surface area contributed by atoms with Crippen molar-refractivity contribution in [2.45, 2.75) is 11.4 Å². The summed E-state index contributed by atoms with van der Waals surface area (Å²) in [5, 5.41) is 0. The lowest BCUT2D eigenvalue weighted by Crippen LogP contribution is -2.46. The quantitative estimate of drug-likeness (QED) is 0.672. The molecule has 0 atom stereocenters.